The molecule has 1 heterocycles. The van der Waals surface area contributed by atoms with Crippen LogP contribution in [0.4, 0.5) is 0 Å². The van der Waals surface area contributed by atoms with E-state index in [0.717, 1.165) is 34.0 Å². The molecular weight excluding hydrogens is 334 g/mol. The molecule has 1 aliphatic carbocycles. The molecule has 2 aromatic rings. The van der Waals surface area contributed by atoms with Crippen molar-refractivity contribution >= 4 is 15.9 Å². The zero-order valence-corrected chi connectivity index (χ0v) is 13.5. The number of nitrogens with one attached hydrogen (secondary N) is 1. The molecule has 112 valence electrons. The lowest BCUT2D eigenvalue weighted by Crippen LogP contribution is -2.14. The Labute approximate surface area is 132 Å². The Bertz CT molecular complexity index is 607. The summed E-state index contributed by atoms with van der Waals surface area (Å²) in [6.07, 6.45) is 2.56. The van der Waals surface area contributed by atoms with Crippen molar-refractivity contribution in [3.63, 3.8) is 0 Å². The van der Waals surface area contributed by atoms with E-state index in [-0.39, 0.29) is 0 Å². The van der Waals surface area contributed by atoms with Gasteiger partial charge in [-0.3, -0.25) is 0 Å². The van der Waals surface area contributed by atoms with Gasteiger partial charge in [-0.05, 0) is 59.1 Å². The summed E-state index contributed by atoms with van der Waals surface area (Å²) in [7, 11) is 1.64. The fourth-order valence-electron chi connectivity index (χ4n) is 2.00. The molecule has 4 nitrogen and oxygen atoms in total. The summed E-state index contributed by atoms with van der Waals surface area (Å²) in [6, 6.07) is 10.3. The molecule has 0 bridgehead atoms. The van der Waals surface area contributed by atoms with Crippen LogP contribution in [-0.2, 0) is 13.2 Å². The van der Waals surface area contributed by atoms with Crippen molar-refractivity contribution in [3.8, 4) is 11.5 Å². The monoisotopic (exact) mass is 351 g/mol. The Morgan fingerprint density at radius 3 is 2.76 bits per heavy atom. The van der Waals surface area contributed by atoms with Gasteiger partial charge in [0.1, 0.15) is 29.6 Å². The molecule has 5 heteroatoms. The van der Waals surface area contributed by atoms with Gasteiger partial charge < -0.3 is 19.2 Å². The third-order valence-electron chi connectivity index (χ3n) is 3.37. The molecule has 0 aliphatic heterocycles. The largest absolute Gasteiger partial charge is 0.497 e. The van der Waals surface area contributed by atoms with Gasteiger partial charge in [-0.25, -0.2) is 0 Å². The van der Waals surface area contributed by atoms with E-state index in [9.17, 15) is 0 Å². The quantitative estimate of drug-likeness (QED) is 0.821. The van der Waals surface area contributed by atoms with Gasteiger partial charge >= 0.3 is 0 Å². The van der Waals surface area contributed by atoms with E-state index in [1.54, 1.807) is 7.11 Å². The van der Waals surface area contributed by atoms with Crippen molar-refractivity contribution in [1.29, 1.82) is 0 Å². The molecule has 1 saturated carbocycles. The van der Waals surface area contributed by atoms with Gasteiger partial charge in [0.15, 0.2) is 0 Å². The van der Waals surface area contributed by atoms with Crippen LogP contribution >= 0.6 is 15.9 Å². The number of hydrogen-bond donors (Lipinski definition) is 1. The third-order valence-corrected chi connectivity index (χ3v) is 3.99. The summed E-state index contributed by atoms with van der Waals surface area (Å²) >= 11 is 3.47. The molecule has 0 saturated heterocycles. The molecule has 0 amide bonds. The van der Waals surface area contributed by atoms with Crippen LogP contribution in [-0.4, -0.2) is 13.2 Å². The minimum atomic E-state index is 0.411. The fourth-order valence-corrected chi connectivity index (χ4v) is 2.47. The number of methoxy groups -OCH3 is 1. The summed E-state index contributed by atoms with van der Waals surface area (Å²) in [5.74, 6) is 3.34. The molecule has 0 unspecified atom stereocenters. The first kappa shape index (κ1) is 14.5. The molecule has 1 aliphatic rings. The number of halogens is 1. The maximum absolute atomic E-state index is 5.76. The minimum absolute atomic E-state index is 0.411. The van der Waals surface area contributed by atoms with E-state index in [1.165, 1.54) is 12.8 Å². The molecule has 1 fully saturated rings. The van der Waals surface area contributed by atoms with E-state index in [4.69, 9.17) is 13.9 Å². The third kappa shape index (κ3) is 4.02. The van der Waals surface area contributed by atoms with E-state index in [1.807, 2.05) is 30.3 Å². The first-order valence-electron chi connectivity index (χ1n) is 7.02. The van der Waals surface area contributed by atoms with E-state index in [0.29, 0.717) is 12.6 Å². The van der Waals surface area contributed by atoms with Gasteiger partial charge in [0.2, 0.25) is 0 Å². The maximum Gasteiger partial charge on any atom is 0.146 e. The highest BCUT2D eigenvalue weighted by molar-refractivity contribution is 9.10. The maximum atomic E-state index is 5.76. The summed E-state index contributed by atoms with van der Waals surface area (Å²) in [6.45, 7) is 1.20. The van der Waals surface area contributed by atoms with Gasteiger partial charge in [0.05, 0.1) is 18.1 Å². The zero-order valence-electron chi connectivity index (χ0n) is 11.9. The van der Waals surface area contributed by atoms with Crippen LogP contribution in [0, 0.1) is 0 Å². The molecule has 0 atom stereocenters. The van der Waals surface area contributed by atoms with Crippen LogP contribution in [0.5, 0.6) is 11.5 Å². The van der Waals surface area contributed by atoms with Crippen molar-refractivity contribution < 1.29 is 13.9 Å². The number of ether oxygens (including phenoxy) is 2. The summed E-state index contributed by atoms with van der Waals surface area (Å²) in [5.41, 5.74) is 0. The number of benzene rings is 1. The summed E-state index contributed by atoms with van der Waals surface area (Å²) < 4.78 is 17.5. The Hall–Kier alpha value is -1.46. The van der Waals surface area contributed by atoms with Crippen molar-refractivity contribution in [1.82, 2.24) is 5.32 Å². The van der Waals surface area contributed by atoms with Crippen molar-refractivity contribution in [2.24, 2.45) is 0 Å². The van der Waals surface area contributed by atoms with Gasteiger partial charge in [-0.2, -0.15) is 0 Å². The van der Waals surface area contributed by atoms with Crippen LogP contribution in [0.25, 0.3) is 0 Å². The molecule has 0 spiro atoms. The highest BCUT2D eigenvalue weighted by Gasteiger charge is 2.20. The lowest BCUT2D eigenvalue weighted by atomic mass is 10.3. The Balaban J connectivity index is 1.54. The normalized spacial score (nSPS) is 14.2. The molecule has 21 heavy (non-hydrogen) atoms. The van der Waals surface area contributed by atoms with Crippen LogP contribution in [0.3, 0.4) is 0 Å². The highest BCUT2D eigenvalue weighted by atomic mass is 79.9. The Morgan fingerprint density at radius 1 is 1.24 bits per heavy atom. The average Bonchev–Trinajstić information content (AvgIpc) is 3.22. The first-order valence-corrected chi connectivity index (χ1v) is 7.81. The fraction of sp³-hybridized carbons (Fsp3) is 0.375. The highest BCUT2D eigenvalue weighted by Crippen LogP contribution is 2.29. The predicted molar refractivity (Wildman–Crippen MR) is 83.6 cm³/mol. The van der Waals surface area contributed by atoms with Crippen molar-refractivity contribution in [2.45, 2.75) is 32.0 Å². The molecular formula is C16H18BrNO3. The molecule has 0 radical (unpaired) electrons. The van der Waals surface area contributed by atoms with E-state index < -0.39 is 0 Å². The van der Waals surface area contributed by atoms with E-state index >= 15 is 0 Å². The number of rotatable bonds is 7. The van der Waals surface area contributed by atoms with Crippen molar-refractivity contribution in [3.05, 3.63) is 46.3 Å². The average molecular weight is 352 g/mol. The summed E-state index contributed by atoms with van der Waals surface area (Å²) in [5, 5.41) is 3.43. The number of furan rings is 1. The van der Waals surface area contributed by atoms with Gasteiger partial charge in [0.25, 0.3) is 0 Å². The van der Waals surface area contributed by atoms with Crippen LogP contribution in [0.2, 0.25) is 0 Å². The van der Waals surface area contributed by atoms with Crippen LogP contribution in [0.15, 0.2) is 39.2 Å². The second kappa shape index (κ2) is 6.54. The summed E-state index contributed by atoms with van der Waals surface area (Å²) in [4.78, 5) is 0. The second-order valence-electron chi connectivity index (χ2n) is 5.11. The zero-order chi connectivity index (χ0) is 14.7. The Kier molecular flexibility index (Phi) is 4.51. The molecule has 3 rings (SSSR count). The Morgan fingerprint density at radius 2 is 2.05 bits per heavy atom. The van der Waals surface area contributed by atoms with Crippen LogP contribution < -0.4 is 14.8 Å². The lowest BCUT2D eigenvalue weighted by molar-refractivity contribution is 0.263. The molecule has 1 aromatic carbocycles. The molecule has 1 aromatic heterocycles. The topological polar surface area (TPSA) is 43.6 Å². The van der Waals surface area contributed by atoms with Gasteiger partial charge in [-0.15, -0.1) is 0 Å². The smallest absolute Gasteiger partial charge is 0.146 e. The van der Waals surface area contributed by atoms with Gasteiger partial charge in [0, 0.05) is 6.04 Å². The lowest BCUT2D eigenvalue weighted by Gasteiger charge is -2.08. The first-order chi connectivity index (χ1) is 10.2. The SMILES string of the molecule is COc1ccc(OCc2ccc(CNC3CC3)o2)c(Br)c1. The van der Waals surface area contributed by atoms with Gasteiger partial charge in [-0.1, -0.05) is 0 Å². The minimum Gasteiger partial charge on any atom is -0.497 e. The predicted octanol–water partition coefficient (Wildman–Crippen LogP) is 3.88. The number of hydrogen-bond acceptors (Lipinski definition) is 4. The van der Waals surface area contributed by atoms with E-state index in [2.05, 4.69) is 21.2 Å². The van der Waals surface area contributed by atoms with Crippen molar-refractivity contribution in [2.75, 3.05) is 7.11 Å². The standard InChI is InChI=1S/C16H18BrNO3/c1-19-12-6-7-16(15(17)8-12)20-10-14-5-4-13(21-14)9-18-11-2-3-11/h4-8,11,18H,2-3,9-10H2,1H3. The second-order valence-corrected chi connectivity index (χ2v) is 5.96. The molecule has 1 N–H and O–H groups in total. The van der Waals surface area contributed by atoms with Crippen LogP contribution in [0.1, 0.15) is 24.4 Å².